The molecule has 0 saturated carbocycles. The molecule has 0 amide bonds. The van der Waals surface area contributed by atoms with Gasteiger partial charge in [-0.05, 0) is 55.5 Å². The zero-order chi connectivity index (χ0) is 18.0. The van der Waals surface area contributed by atoms with Crippen LogP contribution in [0, 0.1) is 13.8 Å². The predicted octanol–water partition coefficient (Wildman–Crippen LogP) is 3.88. The molecule has 3 rings (SSSR count). The van der Waals surface area contributed by atoms with Crippen LogP contribution < -0.4 is 5.63 Å². The van der Waals surface area contributed by atoms with Crippen LogP contribution in [0.3, 0.4) is 0 Å². The molecule has 6 heteroatoms. The van der Waals surface area contributed by atoms with Crippen LogP contribution in [0.5, 0.6) is 0 Å². The van der Waals surface area contributed by atoms with Gasteiger partial charge in [0.2, 0.25) is 0 Å². The first-order valence-electron chi connectivity index (χ1n) is 7.69. The summed E-state index contributed by atoms with van der Waals surface area (Å²) >= 11 is 1.38. The highest BCUT2D eigenvalue weighted by Gasteiger charge is 2.15. The number of carbonyl (C=O) groups excluding carboxylic acids is 1. The molecule has 0 saturated heterocycles. The Morgan fingerprint density at radius 3 is 2.76 bits per heavy atom. The molecule has 0 bridgehead atoms. The Balaban J connectivity index is 1.92. The van der Waals surface area contributed by atoms with Gasteiger partial charge in [-0.15, -0.1) is 11.8 Å². The molecule has 25 heavy (non-hydrogen) atoms. The van der Waals surface area contributed by atoms with Crippen LogP contribution >= 0.6 is 11.8 Å². The van der Waals surface area contributed by atoms with Crippen molar-refractivity contribution in [2.24, 2.45) is 0 Å². The fourth-order valence-corrected chi connectivity index (χ4v) is 3.07. The number of thioether (sulfide) groups is 1. The molecule has 0 radical (unpaired) electrons. The van der Waals surface area contributed by atoms with Gasteiger partial charge in [-0.2, -0.15) is 0 Å². The van der Waals surface area contributed by atoms with Crippen LogP contribution in [0.4, 0.5) is 0 Å². The minimum absolute atomic E-state index is 0.00779. The van der Waals surface area contributed by atoms with Gasteiger partial charge in [0, 0.05) is 23.2 Å². The summed E-state index contributed by atoms with van der Waals surface area (Å²) in [5, 5.41) is 1.38. The van der Waals surface area contributed by atoms with Gasteiger partial charge in [0.15, 0.2) is 0 Å². The van der Waals surface area contributed by atoms with E-state index in [1.54, 1.807) is 18.3 Å². The molecule has 0 N–H and O–H groups in total. The molecule has 0 fully saturated rings. The largest absolute Gasteiger partial charge is 0.457 e. The molecule has 5 nitrogen and oxygen atoms in total. The van der Waals surface area contributed by atoms with Gasteiger partial charge in [0.1, 0.15) is 17.2 Å². The third-order valence-corrected chi connectivity index (χ3v) is 4.70. The maximum atomic E-state index is 12.4. The summed E-state index contributed by atoms with van der Waals surface area (Å²) in [5.74, 6) is -0.470. The molecule has 0 spiro atoms. The molecular weight excluding hydrogens is 338 g/mol. The first-order valence-corrected chi connectivity index (χ1v) is 8.92. The number of aryl methyl sites for hydroxylation is 2. The van der Waals surface area contributed by atoms with E-state index in [4.69, 9.17) is 9.15 Å². The van der Waals surface area contributed by atoms with E-state index in [0.717, 1.165) is 16.5 Å². The monoisotopic (exact) mass is 355 g/mol. The highest BCUT2D eigenvalue weighted by atomic mass is 32.2. The van der Waals surface area contributed by atoms with Crippen LogP contribution in [-0.2, 0) is 11.3 Å². The molecule has 0 aliphatic carbocycles. The number of benzene rings is 1. The van der Waals surface area contributed by atoms with E-state index in [1.807, 2.05) is 32.2 Å². The van der Waals surface area contributed by atoms with Gasteiger partial charge in [-0.25, -0.2) is 14.6 Å². The minimum Gasteiger partial charge on any atom is -0.457 e. The van der Waals surface area contributed by atoms with E-state index in [1.165, 1.54) is 17.8 Å². The van der Waals surface area contributed by atoms with Crippen molar-refractivity contribution in [3.05, 3.63) is 69.2 Å². The zero-order valence-corrected chi connectivity index (χ0v) is 15.0. The Labute approximate surface area is 149 Å². The van der Waals surface area contributed by atoms with Crippen LogP contribution in [0.2, 0.25) is 0 Å². The van der Waals surface area contributed by atoms with E-state index in [9.17, 15) is 9.59 Å². The van der Waals surface area contributed by atoms with Crippen LogP contribution in [0.25, 0.3) is 11.0 Å². The minimum atomic E-state index is -0.470. The Morgan fingerprint density at radius 2 is 2.00 bits per heavy atom. The molecule has 2 heterocycles. The van der Waals surface area contributed by atoms with Gasteiger partial charge in [0.25, 0.3) is 0 Å². The SMILES string of the molecule is CSc1ncccc1C(=O)OCc1cc(=O)oc2cc(C)c(C)cc12. The average Bonchev–Trinajstić information content (AvgIpc) is 2.60. The van der Waals surface area contributed by atoms with Crippen molar-refractivity contribution in [2.45, 2.75) is 25.5 Å². The van der Waals surface area contributed by atoms with Crippen LogP contribution in [0.15, 0.2) is 50.8 Å². The molecular formula is C19H17NO4S. The smallest absolute Gasteiger partial charge is 0.341 e. The summed E-state index contributed by atoms with van der Waals surface area (Å²) in [7, 11) is 0. The first-order chi connectivity index (χ1) is 12.0. The van der Waals surface area contributed by atoms with Crippen molar-refractivity contribution in [2.75, 3.05) is 6.26 Å². The topological polar surface area (TPSA) is 69.4 Å². The average molecular weight is 355 g/mol. The van der Waals surface area contributed by atoms with Gasteiger partial charge in [0.05, 0.1) is 5.56 Å². The highest BCUT2D eigenvalue weighted by Crippen LogP contribution is 2.23. The summed E-state index contributed by atoms with van der Waals surface area (Å²) in [5.41, 5.74) is 3.17. The predicted molar refractivity (Wildman–Crippen MR) is 97.1 cm³/mol. The number of pyridine rings is 1. The second-order valence-corrected chi connectivity index (χ2v) is 6.45. The van der Waals surface area contributed by atoms with Crippen molar-refractivity contribution >= 4 is 28.7 Å². The summed E-state index contributed by atoms with van der Waals surface area (Å²) in [4.78, 5) is 28.3. The lowest BCUT2D eigenvalue weighted by atomic mass is 10.0. The van der Waals surface area contributed by atoms with Crippen molar-refractivity contribution in [1.29, 1.82) is 0 Å². The Kier molecular flexibility index (Phi) is 4.90. The Hall–Kier alpha value is -2.60. The third-order valence-electron chi connectivity index (χ3n) is 3.99. The van der Waals surface area contributed by atoms with E-state index >= 15 is 0 Å². The van der Waals surface area contributed by atoms with Gasteiger partial charge < -0.3 is 9.15 Å². The number of carbonyl (C=O) groups is 1. The molecule has 128 valence electrons. The van der Waals surface area contributed by atoms with Crippen molar-refractivity contribution < 1.29 is 13.9 Å². The lowest BCUT2D eigenvalue weighted by Gasteiger charge is -2.10. The number of fused-ring (bicyclic) bond motifs is 1. The number of ether oxygens (including phenoxy) is 1. The highest BCUT2D eigenvalue weighted by molar-refractivity contribution is 7.98. The number of hydrogen-bond acceptors (Lipinski definition) is 6. The normalized spacial score (nSPS) is 10.8. The van der Waals surface area contributed by atoms with E-state index in [0.29, 0.717) is 21.7 Å². The lowest BCUT2D eigenvalue weighted by Crippen LogP contribution is -2.09. The Morgan fingerprint density at radius 1 is 1.24 bits per heavy atom. The third kappa shape index (κ3) is 3.58. The van der Waals surface area contributed by atoms with Crippen LogP contribution in [0.1, 0.15) is 27.0 Å². The maximum Gasteiger partial charge on any atom is 0.341 e. The molecule has 0 unspecified atom stereocenters. The molecule has 3 aromatic rings. The quantitative estimate of drug-likeness (QED) is 0.402. The maximum absolute atomic E-state index is 12.4. The molecule has 0 aliphatic heterocycles. The van der Waals surface area contributed by atoms with Crippen molar-refractivity contribution in [1.82, 2.24) is 4.98 Å². The van der Waals surface area contributed by atoms with Gasteiger partial charge >= 0.3 is 11.6 Å². The van der Waals surface area contributed by atoms with Crippen molar-refractivity contribution in [3.8, 4) is 0 Å². The number of rotatable bonds is 4. The van der Waals surface area contributed by atoms with Crippen molar-refractivity contribution in [3.63, 3.8) is 0 Å². The number of aromatic nitrogens is 1. The van der Waals surface area contributed by atoms with E-state index in [2.05, 4.69) is 4.98 Å². The lowest BCUT2D eigenvalue weighted by molar-refractivity contribution is 0.0468. The number of hydrogen-bond donors (Lipinski definition) is 0. The van der Waals surface area contributed by atoms with Crippen LogP contribution in [-0.4, -0.2) is 17.2 Å². The summed E-state index contributed by atoms with van der Waals surface area (Å²) < 4.78 is 10.7. The summed E-state index contributed by atoms with van der Waals surface area (Å²) in [6, 6.07) is 8.49. The van der Waals surface area contributed by atoms with Gasteiger partial charge in [-0.1, -0.05) is 0 Å². The number of esters is 1. The zero-order valence-electron chi connectivity index (χ0n) is 14.2. The molecule has 0 aliphatic rings. The van der Waals surface area contributed by atoms with E-state index in [-0.39, 0.29) is 6.61 Å². The first kappa shape index (κ1) is 17.2. The molecule has 1 aromatic carbocycles. The van der Waals surface area contributed by atoms with Gasteiger partial charge in [-0.3, -0.25) is 0 Å². The Bertz CT molecular complexity index is 1010. The summed E-state index contributed by atoms with van der Waals surface area (Å²) in [6.45, 7) is 3.93. The van der Waals surface area contributed by atoms with E-state index < -0.39 is 11.6 Å². The molecule has 2 aromatic heterocycles. The second-order valence-electron chi connectivity index (χ2n) is 5.66. The summed E-state index contributed by atoms with van der Waals surface area (Å²) in [6.07, 6.45) is 3.48. The fourth-order valence-electron chi connectivity index (χ4n) is 2.53. The molecule has 0 atom stereocenters. The number of nitrogens with zero attached hydrogens (tertiary/aromatic N) is 1. The second kappa shape index (κ2) is 7.11. The fraction of sp³-hybridized carbons (Fsp3) is 0.211. The standard InChI is InChI=1S/C19H17NO4S/c1-11-7-15-13(9-17(21)24-16(15)8-12(11)2)10-23-19(22)14-5-4-6-20-18(14)25-3/h4-9H,10H2,1-3H3.